The number of sulfonamides is 1. The van der Waals surface area contributed by atoms with Gasteiger partial charge in [-0.2, -0.15) is 4.31 Å². The van der Waals surface area contributed by atoms with E-state index in [9.17, 15) is 13.2 Å². The summed E-state index contributed by atoms with van der Waals surface area (Å²) in [4.78, 5) is 11.8. The lowest BCUT2D eigenvalue weighted by Gasteiger charge is -2.27. The van der Waals surface area contributed by atoms with E-state index in [0.29, 0.717) is 10.6 Å². The van der Waals surface area contributed by atoms with Crippen LogP contribution in [0.3, 0.4) is 0 Å². The van der Waals surface area contributed by atoms with E-state index in [2.05, 4.69) is 0 Å². The summed E-state index contributed by atoms with van der Waals surface area (Å²) in [6, 6.07) is 13.5. The Kier molecular flexibility index (Phi) is 5.95. The fourth-order valence-electron chi connectivity index (χ4n) is 2.16. The summed E-state index contributed by atoms with van der Waals surface area (Å²) in [5.74, 6) is -0.816. The molecule has 0 radical (unpaired) electrons. The summed E-state index contributed by atoms with van der Waals surface area (Å²) in [6.07, 6.45) is 0. The Morgan fingerprint density at radius 2 is 1.75 bits per heavy atom. The number of hydrogen-bond acceptors (Lipinski definition) is 4. The van der Waals surface area contributed by atoms with E-state index >= 15 is 0 Å². The maximum absolute atomic E-state index is 12.9. The monoisotopic (exact) mass is 368 g/mol. The summed E-state index contributed by atoms with van der Waals surface area (Å²) in [6.45, 7) is 1.39. The number of carbonyl (C=O) groups is 1. The molecule has 0 aliphatic heterocycles. The van der Waals surface area contributed by atoms with Crippen molar-refractivity contribution in [2.45, 2.75) is 24.4 Å². The predicted molar refractivity (Wildman–Crippen MR) is 90.0 cm³/mol. The zero-order valence-corrected chi connectivity index (χ0v) is 14.5. The van der Waals surface area contributed by atoms with Gasteiger partial charge in [-0.3, -0.25) is 10.0 Å². The molecule has 24 heavy (non-hydrogen) atoms. The standard InChI is InChI=1S/C16H17ClN2O4S/c1-12(16(20)18-21)19(11-13-5-3-2-4-6-13)24(22,23)15-9-7-14(17)8-10-15/h2-10,12,21H,11H2,1H3,(H,18,20)/t12-/m0/s1. The summed E-state index contributed by atoms with van der Waals surface area (Å²) in [7, 11) is -3.97. The van der Waals surface area contributed by atoms with Crippen molar-refractivity contribution < 1.29 is 18.4 Å². The van der Waals surface area contributed by atoms with E-state index in [1.807, 2.05) is 6.07 Å². The highest BCUT2D eigenvalue weighted by Crippen LogP contribution is 2.22. The number of hydroxylamine groups is 1. The first kappa shape index (κ1) is 18.4. The molecule has 128 valence electrons. The number of benzene rings is 2. The highest BCUT2D eigenvalue weighted by atomic mass is 35.5. The molecule has 0 heterocycles. The van der Waals surface area contributed by atoms with Crippen molar-refractivity contribution in [3.8, 4) is 0 Å². The molecule has 2 aromatic rings. The van der Waals surface area contributed by atoms with E-state index < -0.39 is 22.0 Å². The van der Waals surface area contributed by atoms with Crippen LogP contribution in [-0.4, -0.2) is 29.9 Å². The van der Waals surface area contributed by atoms with Crippen LogP contribution >= 0.6 is 11.6 Å². The van der Waals surface area contributed by atoms with Gasteiger partial charge in [-0.15, -0.1) is 0 Å². The summed E-state index contributed by atoms with van der Waals surface area (Å²) < 4.78 is 26.9. The summed E-state index contributed by atoms with van der Waals surface area (Å²) >= 11 is 5.80. The van der Waals surface area contributed by atoms with Gasteiger partial charge < -0.3 is 0 Å². The molecule has 1 atom stereocenters. The van der Waals surface area contributed by atoms with Gasteiger partial charge in [-0.25, -0.2) is 13.9 Å². The zero-order chi connectivity index (χ0) is 17.7. The third-order valence-electron chi connectivity index (χ3n) is 3.52. The van der Waals surface area contributed by atoms with Crippen molar-refractivity contribution in [1.82, 2.24) is 9.79 Å². The molecule has 0 spiro atoms. The van der Waals surface area contributed by atoms with Gasteiger partial charge >= 0.3 is 0 Å². The van der Waals surface area contributed by atoms with Crippen LogP contribution in [0, 0.1) is 0 Å². The largest absolute Gasteiger partial charge is 0.289 e. The highest BCUT2D eigenvalue weighted by molar-refractivity contribution is 7.89. The molecule has 0 bridgehead atoms. The Labute approximate surface area is 145 Å². The molecular weight excluding hydrogens is 352 g/mol. The average molecular weight is 369 g/mol. The van der Waals surface area contributed by atoms with Crippen molar-refractivity contribution in [2.24, 2.45) is 0 Å². The second kappa shape index (κ2) is 7.76. The van der Waals surface area contributed by atoms with E-state index in [0.717, 1.165) is 4.31 Å². The van der Waals surface area contributed by atoms with Crippen LogP contribution in [0.25, 0.3) is 0 Å². The van der Waals surface area contributed by atoms with Crippen LogP contribution in [0.15, 0.2) is 59.5 Å². The van der Waals surface area contributed by atoms with Crippen LogP contribution in [0.5, 0.6) is 0 Å². The SMILES string of the molecule is C[C@@H](C(=O)NO)N(Cc1ccccc1)S(=O)(=O)c1ccc(Cl)cc1. The number of hydrogen-bond donors (Lipinski definition) is 2. The molecule has 1 amide bonds. The Morgan fingerprint density at radius 1 is 1.17 bits per heavy atom. The maximum atomic E-state index is 12.9. The van der Waals surface area contributed by atoms with Gasteiger partial charge in [-0.1, -0.05) is 41.9 Å². The fraction of sp³-hybridized carbons (Fsp3) is 0.188. The van der Waals surface area contributed by atoms with Gasteiger partial charge in [-0.05, 0) is 36.8 Å². The molecule has 2 N–H and O–H groups in total. The maximum Gasteiger partial charge on any atom is 0.261 e. The number of nitrogens with one attached hydrogen (secondary N) is 1. The van der Waals surface area contributed by atoms with Gasteiger partial charge in [0.2, 0.25) is 10.0 Å². The Bertz CT molecular complexity index is 795. The number of rotatable bonds is 6. The highest BCUT2D eigenvalue weighted by Gasteiger charge is 2.33. The fourth-order valence-corrected chi connectivity index (χ4v) is 3.87. The minimum absolute atomic E-state index is 0.0135. The van der Waals surface area contributed by atoms with Crippen molar-refractivity contribution in [1.29, 1.82) is 0 Å². The first-order chi connectivity index (χ1) is 11.4. The molecule has 2 aromatic carbocycles. The molecule has 0 fully saturated rings. The van der Waals surface area contributed by atoms with Crippen LogP contribution in [0.4, 0.5) is 0 Å². The minimum atomic E-state index is -3.97. The van der Waals surface area contributed by atoms with Crippen molar-refractivity contribution in [3.63, 3.8) is 0 Å². The van der Waals surface area contributed by atoms with E-state index in [1.165, 1.54) is 36.7 Å². The van der Waals surface area contributed by atoms with E-state index in [-0.39, 0.29) is 11.4 Å². The molecule has 2 rings (SSSR count). The minimum Gasteiger partial charge on any atom is -0.289 e. The normalized spacial score (nSPS) is 12.8. The quantitative estimate of drug-likeness (QED) is 0.605. The molecule has 8 heteroatoms. The topological polar surface area (TPSA) is 86.7 Å². The molecule has 0 aliphatic rings. The molecule has 0 saturated carbocycles. The Hall–Kier alpha value is -1.93. The third kappa shape index (κ3) is 4.12. The Balaban J connectivity index is 2.44. The second-order valence-electron chi connectivity index (χ2n) is 5.14. The van der Waals surface area contributed by atoms with Gasteiger partial charge in [0.15, 0.2) is 0 Å². The Morgan fingerprint density at radius 3 is 2.29 bits per heavy atom. The lowest BCUT2D eigenvalue weighted by molar-refractivity contribution is -0.132. The molecule has 0 aliphatic carbocycles. The number of carbonyl (C=O) groups excluding carboxylic acids is 1. The average Bonchev–Trinajstić information content (AvgIpc) is 2.59. The van der Waals surface area contributed by atoms with Crippen LogP contribution in [0.1, 0.15) is 12.5 Å². The first-order valence-electron chi connectivity index (χ1n) is 7.11. The first-order valence-corrected chi connectivity index (χ1v) is 8.93. The van der Waals surface area contributed by atoms with Crippen molar-refractivity contribution >= 4 is 27.5 Å². The number of nitrogens with zero attached hydrogens (tertiary/aromatic N) is 1. The van der Waals surface area contributed by atoms with Crippen molar-refractivity contribution in [3.05, 3.63) is 65.2 Å². The van der Waals surface area contributed by atoms with Crippen LogP contribution in [-0.2, 0) is 21.4 Å². The molecule has 0 saturated heterocycles. The lowest BCUT2D eigenvalue weighted by Crippen LogP contribution is -2.46. The van der Waals surface area contributed by atoms with Gasteiger partial charge in [0.05, 0.1) is 4.90 Å². The number of halogens is 1. The smallest absolute Gasteiger partial charge is 0.261 e. The zero-order valence-electron chi connectivity index (χ0n) is 12.9. The lowest BCUT2D eigenvalue weighted by atomic mass is 10.2. The van der Waals surface area contributed by atoms with Gasteiger partial charge in [0.1, 0.15) is 6.04 Å². The van der Waals surface area contributed by atoms with Crippen LogP contribution < -0.4 is 5.48 Å². The third-order valence-corrected chi connectivity index (χ3v) is 5.71. The molecule has 0 aromatic heterocycles. The second-order valence-corrected chi connectivity index (χ2v) is 7.47. The molecule has 0 unspecified atom stereocenters. The van der Waals surface area contributed by atoms with E-state index in [1.54, 1.807) is 24.3 Å². The van der Waals surface area contributed by atoms with Gasteiger partial charge in [0, 0.05) is 11.6 Å². The molecular formula is C16H17ClN2O4S. The number of amides is 1. The van der Waals surface area contributed by atoms with Crippen LogP contribution in [0.2, 0.25) is 5.02 Å². The predicted octanol–water partition coefficient (Wildman–Crippen LogP) is 2.42. The van der Waals surface area contributed by atoms with Gasteiger partial charge in [0.25, 0.3) is 5.91 Å². The summed E-state index contributed by atoms with van der Waals surface area (Å²) in [5.41, 5.74) is 2.21. The summed E-state index contributed by atoms with van der Waals surface area (Å²) in [5, 5.41) is 9.26. The van der Waals surface area contributed by atoms with E-state index in [4.69, 9.17) is 16.8 Å². The molecule has 6 nitrogen and oxygen atoms in total. The van der Waals surface area contributed by atoms with Crippen molar-refractivity contribution in [2.75, 3.05) is 0 Å².